The number of hydrogen-bond acceptors (Lipinski definition) is 5. The first-order valence-electron chi connectivity index (χ1n) is 6.51. The highest BCUT2D eigenvalue weighted by atomic mass is 32.1. The standard InChI is InChI=1S/C14H16N2O4S/c1-9(5-13(18)19)7-15-12(17)6-10-8-20-14(16-10)11-3-2-4-21-11/h2-4,8-9H,5-7H2,1H3,(H,15,17)(H,18,19). The zero-order valence-corrected chi connectivity index (χ0v) is 12.4. The van der Waals surface area contributed by atoms with Gasteiger partial charge in [0.15, 0.2) is 0 Å². The molecule has 21 heavy (non-hydrogen) atoms. The Bertz CT molecular complexity index is 606. The Morgan fingerprint density at radius 2 is 2.33 bits per heavy atom. The summed E-state index contributed by atoms with van der Waals surface area (Å²) in [5.74, 6) is -0.662. The van der Waals surface area contributed by atoms with Crippen molar-refractivity contribution in [3.63, 3.8) is 0 Å². The largest absolute Gasteiger partial charge is 0.481 e. The van der Waals surface area contributed by atoms with Gasteiger partial charge in [-0.05, 0) is 17.4 Å². The molecule has 7 heteroatoms. The van der Waals surface area contributed by atoms with Gasteiger partial charge in [0, 0.05) is 13.0 Å². The second kappa shape index (κ2) is 7.03. The second-order valence-corrected chi connectivity index (χ2v) is 5.75. The van der Waals surface area contributed by atoms with E-state index in [-0.39, 0.29) is 24.7 Å². The molecular formula is C14H16N2O4S. The fourth-order valence-electron chi connectivity index (χ4n) is 1.79. The average molecular weight is 308 g/mol. The third kappa shape index (κ3) is 4.71. The van der Waals surface area contributed by atoms with Gasteiger partial charge in [-0.2, -0.15) is 0 Å². The molecule has 2 aromatic rings. The minimum atomic E-state index is -0.867. The summed E-state index contributed by atoms with van der Waals surface area (Å²) in [6.45, 7) is 2.11. The third-order valence-electron chi connectivity index (χ3n) is 2.80. The lowest BCUT2D eigenvalue weighted by molar-refractivity contribution is -0.138. The predicted molar refractivity (Wildman–Crippen MR) is 77.9 cm³/mol. The summed E-state index contributed by atoms with van der Waals surface area (Å²) in [6.07, 6.45) is 1.62. The minimum Gasteiger partial charge on any atom is -0.481 e. The Morgan fingerprint density at radius 3 is 3.00 bits per heavy atom. The number of nitrogens with one attached hydrogen (secondary N) is 1. The maximum atomic E-state index is 11.8. The highest BCUT2D eigenvalue weighted by Gasteiger charge is 2.13. The molecule has 2 N–H and O–H groups in total. The number of nitrogens with zero attached hydrogens (tertiary/aromatic N) is 1. The van der Waals surface area contributed by atoms with E-state index in [4.69, 9.17) is 9.52 Å². The van der Waals surface area contributed by atoms with Crippen molar-refractivity contribution in [2.45, 2.75) is 19.8 Å². The highest BCUT2D eigenvalue weighted by Crippen LogP contribution is 2.23. The van der Waals surface area contributed by atoms with Gasteiger partial charge < -0.3 is 14.8 Å². The van der Waals surface area contributed by atoms with Crippen LogP contribution >= 0.6 is 11.3 Å². The van der Waals surface area contributed by atoms with Crippen LogP contribution in [0.4, 0.5) is 0 Å². The van der Waals surface area contributed by atoms with E-state index in [2.05, 4.69) is 10.3 Å². The predicted octanol–water partition coefficient (Wildman–Crippen LogP) is 2.17. The molecule has 1 amide bonds. The zero-order chi connectivity index (χ0) is 15.2. The number of carboxylic acid groups (broad SMARTS) is 1. The first-order valence-corrected chi connectivity index (χ1v) is 7.39. The number of amides is 1. The molecule has 1 unspecified atom stereocenters. The molecule has 2 aromatic heterocycles. The number of rotatable bonds is 7. The van der Waals surface area contributed by atoms with Gasteiger partial charge in [-0.15, -0.1) is 11.3 Å². The lowest BCUT2D eigenvalue weighted by atomic mass is 10.1. The third-order valence-corrected chi connectivity index (χ3v) is 3.65. The van der Waals surface area contributed by atoms with Crippen molar-refractivity contribution < 1.29 is 19.1 Å². The molecule has 0 saturated carbocycles. The van der Waals surface area contributed by atoms with E-state index in [0.29, 0.717) is 18.1 Å². The number of aromatic nitrogens is 1. The van der Waals surface area contributed by atoms with Gasteiger partial charge in [0.05, 0.1) is 17.0 Å². The van der Waals surface area contributed by atoms with Crippen LogP contribution in [0.3, 0.4) is 0 Å². The molecule has 2 heterocycles. The summed E-state index contributed by atoms with van der Waals surface area (Å²) in [6, 6.07) is 3.80. The lowest BCUT2D eigenvalue weighted by Crippen LogP contribution is -2.30. The number of oxazole rings is 1. The molecule has 0 aliphatic heterocycles. The first-order chi connectivity index (χ1) is 10.0. The Labute approximate surface area is 125 Å². The van der Waals surface area contributed by atoms with E-state index in [1.165, 1.54) is 17.6 Å². The molecule has 6 nitrogen and oxygen atoms in total. The number of thiophene rings is 1. The fourth-order valence-corrected chi connectivity index (χ4v) is 2.44. The average Bonchev–Trinajstić information content (AvgIpc) is 3.05. The molecule has 1 atom stereocenters. The topological polar surface area (TPSA) is 92.4 Å². The molecule has 0 saturated heterocycles. The van der Waals surface area contributed by atoms with Crippen molar-refractivity contribution >= 4 is 23.2 Å². The van der Waals surface area contributed by atoms with Gasteiger partial charge in [0.2, 0.25) is 11.8 Å². The van der Waals surface area contributed by atoms with Crippen LogP contribution in [0.5, 0.6) is 0 Å². The van der Waals surface area contributed by atoms with E-state index in [1.807, 2.05) is 17.5 Å². The van der Waals surface area contributed by atoms with Crippen LogP contribution < -0.4 is 5.32 Å². The van der Waals surface area contributed by atoms with Crippen LogP contribution in [-0.4, -0.2) is 28.5 Å². The number of carbonyl (C=O) groups is 2. The molecular weight excluding hydrogens is 292 g/mol. The summed E-state index contributed by atoms with van der Waals surface area (Å²) in [5.41, 5.74) is 0.557. The molecule has 0 aliphatic carbocycles. The number of hydrogen-bond donors (Lipinski definition) is 2. The molecule has 0 bridgehead atoms. The van der Waals surface area contributed by atoms with Crippen LogP contribution in [-0.2, 0) is 16.0 Å². The highest BCUT2D eigenvalue weighted by molar-refractivity contribution is 7.13. The van der Waals surface area contributed by atoms with Gasteiger partial charge in [-0.1, -0.05) is 13.0 Å². The smallest absolute Gasteiger partial charge is 0.303 e. The van der Waals surface area contributed by atoms with E-state index < -0.39 is 5.97 Å². The maximum absolute atomic E-state index is 11.8. The van der Waals surface area contributed by atoms with E-state index >= 15 is 0 Å². The Morgan fingerprint density at radius 1 is 1.52 bits per heavy atom. The second-order valence-electron chi connectivity index (χ2n) is 4.81. The molecule has 0 radical (unpaired) electrons. The normalized spacial score (nSPS) is 12.0. The van der Waals surface area contributed by atoms with Crippen molar-refractivity contribution in [1.82, 2.24) is 10.3 Å². The minimum absolute atomic E-state index is 0.0345. The van der Waals surface area contributed by atoms with Crippen molar-refractivity contribution in [2.24, 2.45) is 5.92 Å². The number of carbonyl (C=O) groups excluding carboxylic acids is 1. The summed E-state index contributed by atoms with van der Waals surface area (Å²) < 4.78 is 5.33. The quantitative estimate of drug-likeness (QED) is 0.818. The monoisotopic (exact) mass is 308 g/mol. The van der Waals surface area contributed by atoms with Gasteiger partial charge in [0.25, 0.3) is 0 Å². The Kier molecular flexibility index (Phi) is 5.10. The van der Waals surface area contributed by atoms with Crippen molar-refractivity contribution in [2.75, 3.05) is 6.54 Å². The van der Waals surface area contributed by atoms with E-state index in [1.54, 1.807) is 6.92 Å². The lowest BCUT2D eigenvalue weighted by Gasteiger charge is -2.09. The Hall–Kier alpha value is -2.15. The van der Waals surface area contributed by atoms with Gasteiger partial charge in [0.1, 0.15) is 6.26 Å². The van der Waals surface area contributed by atoms with E-state index in [9.17, 15) is 9.59 Å². The van der Waals surface area contributed by atoms with Gasteiger partial charge in [-0.3, -0.25) is 9.59 Å². The van der Waals surface area contributed by atoms with Crippen molar-refractivity contribution in [3.8, 4) is 10.8 Å². The van der Waals surface area contributed by atoms with Gasteiger partial charge >= 0.3 is 5.97 Å². The van der Waals surface area contributed by atoms with Gasteiger partial charge in [-0.25, -0.2) is 4.98 Å². The summed E-state index contributed by atoms with van der Waals surface area (Å²) in [5, 5.41) is 13.3. The molecule has 0 aromatic carbocycles. The number of aliphatic carboxylic acids is 1. The van der Waals surface area contributed by atoms with Crippen molar-refractivity contribution in [3.05, 3.63) is 29.5 Å². The molecule has 112 valence electrons. The van der Waals surface area contributed by atoms with Crippen LogP contribution in [0.25, 0.3) is 10.8 Å². The van der Waals surface area contributed by atoms with E-state index in [0.717, 1.165) is 4.88 Å². The summed E-state index contributed by atoms with van der Waals surface area (Å²) >= 11 is 1.52. The molecule has 0 fully saturated rings. The van der Waals surface area contributed by atoms with Crippen LogP contribution in [0, 0.1) is 5.92 Å². The summed E-state index contributed by atoms with van der Waals surface area (Å²) in [4.78, 5) is 27.5. The maximum Gasteiger partial charge on any atom is 0.303 e. The van der Waals surface area contributed by atoms with Crippen LogP contribution in [0.2, 0.25) is 0 Å². The molecule has 2 rings (SSSR count). The number of carboxylic acids is 1. The van der Waals surface area contributed by atoms with Crippen LogP contribution in [0.15, 0.2) is 28.2 Å². The van der Waals surface area contributed by atoms with Crippen molar-refractivity contribution in [1.29, 1.82) is 0 Å². The molecule has 0 spiro atoms. The van der Waals surface area contributed by atoms with Crippen LogP contribution in [0.1, 0.15) is 19.0 Å². The summed E-state index contributed by atoms with van der Waals surface area (Å²) in [7, 11) is 0. The first kappa shape index (κ1) is 15.2. The fraction of sp³-hybridized carbons (Fsp3) is 0.357. The Balaban J connectivity index is 1.82. The molecule has 0 aliphatic rings. The zero-order valence-electron chi connectivity index (χ0n) is 11.5. The SMILES string of the molecule is CC(CNC(=O)Cc1coc(-c2cccs2)n1)CC(=O)O.